The molecule has 2 aromatic heterocycles. The van der Waals surface area contributed by atoms with E-state index in [9.17, 15) is 9.59 Å². The summed E-state index contributed by atoms with van der Waals surface area (Å²) < 4.78 is 4.92. The van der Waals surface area contributed by atoms with Crippen molar-refractivity contribution in [2.75, 3.05) is 0 Å². The SMILES string of the molecule is Cc1noc(C)c1C(=O)NCc1ccc(C(=O)O)nc1. The summed E-state index contributed by atoms with van der Waals surface area (Å²) in [5.74, 6) is -0.917. The number of hydrogen-bond acceptors (Lipinski definition) is 5. The third kappa shape index (κ3) is 2.82. The van der Waals surface area contributed by atoms with Crippen LogP contribution < -0.4 is 5.32 Å². The highest BCUT2D eigenvalue weighted by Crippen LogP contribution is 2.12. The molecule has 7 heteroatoms. The largest absolute Gasteiger partial charge is 0.477 e. The highest BCUT2D eigenvalue weighted by atomic mass is 16.5. The Morgan fingerprint density at radius 1 is 1.35 bits per heavy atom. The van der Waals surface area contributed by atoms with Gasteiger partial charge in [-0.05, 0) is 25.5 Å². The van der Waals surface area contributed by atoms with Crippen LogP contribution in [0.2, 0.25) is 0 Å². The van der Waals surface area contributed by atoms with Gasteiger partial charge in [0.15, 0.2) is 0 Å². The van der Waals surface area contributed by atoms with Crippen molar-refractivity contribution in [1.29, 1.82) is 0 Å². The number of nitrogens with zero attached hydrogens (tertiary/aromatic N) is 2. The van der Waals surface area contributed by atoms with Crippen LogP contribution in [0.5, 0.6) is 0 Å². The lowest BCUT2D eigenvalue weighted by Gasteiger charge is -2.04. The molecule has 0 bridgehead atoms. The van der Waals surface area contributed by atoms with Crippen molar-refractivity contribution in [2.24, 2.45) is 0 Å². The number of pyridine rings is 1. The van der Waals surface area contributed by atoms with E-state index in [2.05, 4.69) is 15.5 Å². The molecule has 0 saturated carbocycles. The minimum atomic E-state index is -1.09. The van der Waals surface area contributed by atoms with Gasteiger partial charge in [0.25, 0.3) is 5.91 Å². The highest BCUT2D eigenvalue weighted by Gasteiger charge is 2.17. The Balaban J connectivity index is 2.02. The third-order valence-corrected chi connectivity index (χ3v) is 2.76. The van der Waals surface area contributed by atoms with Crippen molar-refractivity contribution in [3.05, 3.63) is 46.6 Å². The minimum Gasteiger partial charge on any atom is -0.477 e. The maximum Gasteiger partial charge on any atom is 0.354 e. The fourth-order valence-electron chi connectivity index (χ4n) is 1.73. The second kappa shape index (κ2) is 5.52. The van der Waals surface area contributed by atoms with Gasteiger partial charge >= 0.3 is 5.97 Å². The molecule has 2 N–H and O–H groups in total. The molecule has 2 aromatic rings. The molecule has 0 unspecified atom stereocenters. The Hall–Kier alpha value is -2.70. The van der Waals surface area contributed by atoms with Crippen LogP contribution >= 0.6 is 0 Å². The van der Waals surface area contributed by atoms with Crippen LogP contribution in [0.4, 0.5) is 0 Å². The van der Waals surface area contributed by atoms with Gasteiger partial charge in [-0.1, -0.05) is 11.2 Å². The summed E-state index contributed by atoms with van der Waals surface area (Å²) in [5, 5.41) is 15.1. The lowest BCUT2D eigenvalue weighted by atomic mass is 10.2. The Bertz CT molecular complexity index is 627. The zero-order valence-electron chi connectivity index (χ0n) is 11.0. The molecule has 1 amide bonds. The fourth-order valence-corrected chi connectivity index (χ4v) is 1.73. The number of aromatic carboxylic acids is 1. The molecule has 104 valence electrons. The molecule has 2 heterocycles. The molecule has 7 nitrogen and oxygen atoms in total. The number of carbonyl (C=O) groups is 2. The fraction of sp³-hybridized carbons (Fsp3) is 0.231. The average molecular weight is 275 g/mol. The van der Waals surface area contributed by atoms with E-state index >= 15 is 0 Å². The van der Waals surface area contributed by atoms with Crippen LogP contribution in [-0.2, 0) is 6.54 Å². The van der Waals surface area contributed by atoms with Gasteiger partial charge in [-0.25, -0.2) is 9.78 Å². The Kier molecular flexibility index (Phi) is 3.79. The molecule has 0 atom stereocenters. The highest BCUT2D eigenvalue weighted by molar-refractivity contribution is 5.96. The summed E-state index contributed by atoms with van der Waals surface area (Å²) in [7, 11) is 0. The van der Waals surface area contributed by atoms with Crippen LogP contribution in [0.1, 0.15) is 37.9 Å². The summed E-state index contributed by atoms with van der Waals surface area (Å²) in [4.78, 5) is 26.4. The standard InChI is InChI=1S/C13H13N3O4/c1-7-11(8(2)20-16-7)12(17)15-6-9-3-4-10(13(18)19)14-5-9/h3-5H,6H2,1-2H3,(H,15,17)(H,18,19). The van der Waals surface area contributed by atoms with E-state index in [1.165, 1.54) is 12.3 Å². The van der Waals surface area contributed by atoms with E-state index in [1.807, 2.05) is 0 Å². The first kappa shape index (κ1) is 13.7. The third-order valence-electron chi connectivity index (χ3n) is 2.76. The Labute approximate surface area is 114 Å². The molecular formula is C13H13N3O4. The topological polar surface area (TPSA) is 105 Å². The number of rotatable bonds is 4. The van der Waals surface area contributed by atoms with E-state index < -0.39 is 5.97 Å². The predicted octanol–water partition coefficient (Wildman–Crippen LogP) is 1.31. The zero-order valence-corrected chi connectivity index (χ0v) is 11.0. The van der Waals surface area contributed by atoms with E-state index in [0.29, 0.717) is 22.6 Å². The quantitative estimate of drug-likeness (QED) is 0.871. The van der Waals surface area contributed by atoms with Gasteiger partial charge < -0.3 is 14.9 Å². The van der Waals surface area contributed by atoms with E-state index in [1.54, 1.807) is 19.9 Å². The number of nitrogens with one attached hydrogen (secondary N) is 1. The minimum absolute atomic E-state index is 0.0363. The van der Waals surface area contributed by atoms with Crippen molar-refractivity contribution < 1.29 is 19.2 Å². The zero-order chi connectivity index (χ0) is 14.7. The predicted molar refractivity (Wildman–Crippen MR) is 68.3 cm³/mol. The molecule has 0 aliphatic carbocycles. The maximum absolute atomic E-state index is 12.0. The molecule has 0 aliphatic rings. The van der Waals surface area contributed by atoms with Crippen LogP contribution in [0.15, 0.2) is 22.9 Å². The first-order chi connectivity index (χ1) is 9.49. The van der Waals surface area contributed by atoms with Crippen LogP contribution in [0.25, 0.3) is 0 Å². The summed E-state index contributed by atoms with van der Waals surface area (Å²) in [5.41, 5.74) is 1.61. The van der Waals surface area contributed by atoms with E-state index in [-0.39, 0.29) is 18.1 Å². The number of hydrogen-bond donors (Lipinski definition) is 2. The molecule has 0 aliphatic heterocycles. The Morgan fingerprint density at radius 2 is 2.10 bits per heavy atom. The molecule has 0 aromatic carbocycles. The van der Waals surface area contributed by atoms with Gasteiger partial charge in [0.2, 0.25) is 0 Å². The first-order valence-electron chi connectivity index (χ1n) is 5.88. The lowest BCUT2D eigenvalue weighted by molar-refractivity contribution is 0.0690. The number of carbonyl (C=O) groups excluding carboxylic acids is 1. The summed E-state index contributed by atoms with van der Waals surface area (Å²) in [6, 6.07) is 2.99. The molecule has 0 saturated heterocycles. The second-order valence-electron chi connectivity index (χ2n) is 4.24. The number of aryl methyl sites for hydroxylation is 2. The van der Waals surface area contributed by atoms with Crippen molar-refractivity contribution in [1.82, 2.24) is 15.5 Å². The molecule has 0 radical (unpaired) electrons. The van der Waals surface area contributed by atoms with Crippen LogP contribution in [0, 0.1) is 13.8 Å². The smallest absolute Gasteiger partial charge is 0.354 e. The number of carboxylic acids is 1. The van der Waals surface area contributed by atoms with Gasteiger partial charge in [-0.2, -0.15) is 0 Å². The van der Waals surface area contributed by atoms with Gasteiger partial charge in [0.05, 0.1) is 5.69 Å². The van der Waals surface area contributed by atoms with Gasteiger partial charge in [0.1, 0.15) is 17.0 Å². The summed E-state index contributed by atoms with van der Waals surface area (Å²) >= 11 is 0. The van der Waals surface area contributed by atoms with Gasteiger partial charge in [-0.3, -0.25) is 4.79 Å². The van der Waals surface area contributed by atoms with E-state index in [0.717, 1.165) is 0 Å². The van der Waals surface area contributed by atoms with Crippen molar-refractivity contribution in [2.45, 2.75) is 20.4 Å². The molecule has 20 heavy (non-hydrogen) atoms. The maximum atomic E-state index is 12.0. The number of amides is 1. The second-order valence-corrected chi connectivity index (χ2v) is 4.24. The van der Waals surface area contributed by atoms with Crippen molar-refractivity contribution >= 4 is 11.9 Å². The average Bonchev–Trinajstić information content (AvgIpc) is 2.76. The monoisotopic (exact) mass is 275 g/mol. The first-order valence-corrected chi connectivity index (χ1v) is 5.88. The van der Waals surface area contributed by atoms with Crippen molar-refractivity contribution in [3.63, 3.8) is 0 Å². The summed E-state index contributed by atoms with van der Waals surface area (Å²) in [6.45, 7) is 3.60. The number of carboxylic acid groups (broad SMARTS) is 1. The molecule has 0 fully saturated rings. The molecule has 2 rings (SSSR count). The van der Waals surface area contributed by atoms with Gasteiger partial charge in [0, 0.05) is 12.7 Å². The Morgan fingerprint density at radius 3 is 2.60 bits per heavy atom. The van der Waals surface area contributed by atoms with Gasteiger partial charge in [-0.15, -0.1) is 0 Å². The summed E-state index contributed by atoms with van der Waals surface area (Å²) in [6.07, 6.45) is 1.41. The van der Waals surface area contributed by atoms with Crippen molar-refractivity contribution in [3.8, 4) is 0 Å². The molecule has 0 spiro atoms. The lowest BCUT2D eigenvalue weighted by Crippen LogP contribution is -2.24. The normalized spacial score (nSPS) is 10.3. The molecular weight excluding hydrogens is 262 g/mol. The van der Waals surface area contributed by atoms with Crippen LogP contribution in [-0.4, -0.2) is 27.1 Å². The van der Waals surface area contributed by atoms with E-state index in [4.69, 9.17) is 9.63 Å². The number of aromatic nitrogens is 2. The van der Waals surface area contributed by atoms with Crippen LogP contribution in [0.3, 0.4) is 0 Å².